The number of amidine groups is 2. The molecule has 0 spiro atoms. The molecule has 0 fully saturated rings. The third-order valence-corrected chi connectivity index (χ3v) is 4.88. The van der Waals surface area contributed by atoms with E-state index < -0.39 is 0 Å². The molecule has 0 aliphatic carbocycles. The van der Waals surface area contributed by atoms with Crippen molar-refractivity contribution in [3.05, 3.63) is 53.6 Å². The van der Waals surface area contributed by atoms with E-state index in [1.165, 1.54) is 0 Å². The van der Waals surface area contributed by atoms with Crippen molar-refractivity contribution in [2.45, 2.75) is 0 Å². The maximum Gasteiger partial charge on any atom is 0.139 e. The van der Waals surface area contributed by atoms with Gasteiger partial charge < -0.3 is 19.8 Å². The number of methoxy groups -OCH3 is 1. The van der Waals surface area contributed by atoms with Crippen molar-refractivity contribution in [3.8, 4) is 17.1 Å². The summed E-state index contributed by atoms with van der Waals surface area (Å²) in [7, 11) is 1.68. The van der Waals surface area contributed by atoms with Crippen LogP contribution >= 0.6 is 24.8 Å². The van der Waals surface area contributed by atoms with Crippen molar-refractivity contribution >= 4 is 47.5 Å². The summed E-state index contributed by atoms with van der Waals surface area (Å²) in [5, 5.41) is 7.65. The van der Waals surface area contributed by atoms with E-state index in [1.54, 1.807) is 7.11 Å². The molecule has 29 heavy (non-hydrogen) atoms. The number of aliphatic imine (C=N–C) groups is 2. The fourth-order valence-corrected chi connectivity index (χ4v) is 3.54. The van der Waals surface area contributed by atoms with Crippen molar-refractivity contribution in [1.82, 2.24) is 10.6 Å². The highest BCUT2D eigenvalue weighted by molar-refractivity contribution is 6.03. The van der Waals surface area contributed by atoms with Crippen LogP contribution in [0, 0.1) is 0 Å². The van der Waals surface area contributed by atoms with Crippen molar-refractivity contribution < 1.29 is 9.15 Å². The maximum atomic E-state index is 6.15. The van der Waals surface area contributed by atoms with Crippen molar-refractivity contribution in [2.75, 3.05) is 33.3 Å². The van der Waals surface area contributed by atoms with Gasteiger partial charge in [-0.3, -0.25) is 9.98 Å². The van der Waals surface area contributed by atoms with E-state index in [0.29, 0.717) is 0 Å². The van der Waals surface area contributed by atoms with Crippen LogP contribution in [-0.2, 0) is 0 Å². The number of benzene rings is 2. The number of nitrogens with one attached hydrogen (secondary N) is 2. The Morgan fingerprint density at radius 2 is 1.52 bits per heavy atom. The standard InChI is InChI=1S/C21H20N4O2.2ClH/c1-26-18-12-15(21-24-8-9-25-21)4-5-16(18)19-10-13-2-3-14(11-17(13)27-19)20-22-6-7-23-20;;/h2-5,10-12H,6-9H2,1H3,(H,22,23)(H,24,25);2*1H. The molecule has 3 heterocycles. The number of ether oxygens (including phenoxy) is 1. The van der Waals surface area contributed by atoms with Gasteiger partial charge in [-0.1, -0.05) is 18.2 Å². The normalized spacial score (nSPS) is 14.9. The van der Waals surface area contributed by atoms with E-state index in [4.69, 9.17) is 9.15 Å². The molecular weight excluding hydrogens is 411 g/mol. The van der Waals surface area contributed by atoms with Gasteiger partial charge in [-0.15, -0.1) is 24.8 Å². The highest BCUT2D eigenvalue weighted by Gasteiger charge is 2.16. The summed E-state index contributed by atoms with van der Waals surface area (Å²) < 4.78 is 11.8. The largest absolute Gasteiger partial charge is 0.496 e. The van der Waals surface area contributed by atoms with Crippen LogP contribution in [0.25, 0.3) is 22.3 Å². The summed E-state index contributed by atoms with van der Waals surface area (Å²) in [6, 6.07) is 14.3. The number of nitrogens with zero attached hydrogens (tertiary/aromatic N) is 2. The Kier molecular flexibility index (Phi) is 6.35. The third-order valence-electron chi connectivity index (χ3n) is 4.88. The van der Waals surface area contributed by atoms with Gasteiger partial charge >= 0.3 is 0 Å². The lowest BCUT2D eigenvalue weighted by atomic mass is 10.1. The quantitative estimate of drug-likeness (QED) is 0.659. The van der Waals surface area contributed by atoms with Gasteiger partial charge in [0.25, 0.3) is 0 Å². The van der Waals surface area contributed by atoms with Crippen LogP contribution < -0.4 is 15.4 Å². The molecule has 6 nitrogen and oxygen atoms in total. The van der Waals surface area contributed by atoms with Gasteiger partial charge in [-0.25, -0.2) is 0 Å². The van der Waals surface area contributed by atoms with Gasteiger partial charge in [0.05, 0.1) is 25.8 Å². The third kappa shape index (κ3) is 3.91. The first-order valence-electron chi connectivity index (χ1n) is 9.11. The number of hydrogen-bond donors (Lipinski definition) is 2. The number of furan rings is 1. The van der Waals surface area contributed by atoms with E-state index in [-0.39, 0.29) is 24.8 Å². The average molecular weight is 433 g/mol. The smallest absolute Gasteiger partial charge is 0.139 e. The van der Waals surface area contributed by atoms with Crippen LogP contribution in [0.2, 0.25) is 0 Å². The molecule has 0 bridgehead atoms. The predicted molar refractivity (Wildman–Crippen MR) is 122 cm³/mol. The first-order valence-corrected chi connectivity index (χ1v) is 9.11. The monoisotopic (exact) mass is 432 g/mol. The zero-order valence-corrected chi connectivity index (χ0v) is 17.5. The topological polar surface area (TPSA) is 71.2 Å². The van der Waals surface area contributed by atoms with E-state index in [9.17, 15) is 0 Å². The molecule has 0 saturated heterocycles. The van der Waals surface area contributed by atoms with Crippen LogP contribution in [0.3, 0.4) is 0 Å². The molecule has 0 saturated carbocycles. The molecule has 1 aromatic heterocycles. The Morgan fingerprint density at radius 3 is 2.14 bits per heavy atom. The molecule has 2 aromatic carbocycles. The second-order valence-corrected chi connectivity index (χ2v) is 6.59. The van der Waals surface area contributed by atoms with Gasteiger partial charge in [0.15, 0.2) is 0 Å². The first-order chi connectivity index (χ1) is 13.3. The van der Waals surface area contributed by atoms with Crippen LogP contribution in [0.15, 0.2) is 56.9 Å². The van der Waals surface area contributed by atoms with E-state index in [1.807, 2.05) is 30.3 Å². The molecule has 5 rings (SSSR count). The summed E-state index contributed by atoms with van der Waals surface area (Å²) >= 11 is 0. The lowest BCUT2D eigenvalue weighted by molar-refractivity contribution is 0.415. The lowest BCUT2D eigenvalue weighted by Gasteiger charge is -2.09. The van der Waals surface area contributed by atoms with E-state index >= 15 is 0 Å². The molecule has 3 aromatic rings. The SMILES string of the molecule is COc1cc(C2=NCCN2)ccc1-c1cc2ccc(C3=NCCN3)cc2o1.Cl.Cl. The minimum atomic E-state index is 0. The van der Waals surface area contributed by atoms with Gasteiger partial charge in [0.1, 0.15) is 28.8 Å². The Hall–Kier alpha value is -2.70. The lowest BCUT2D eigenvalue weighted by Crippen LogP contribution is -2.19. The van der Waals surface area contributed by atoms with E-state index in [2.05, 4.69) is 32.8 Å². The number of rotatable bonds is 4. The average Bonchev–Trinajstić information content (AvgIpc) is 3.48. The second kappa shape index (κ2) is 8.76. The summed E-state index contributed by atoms with van der Waals surface area (Å²) in [6.07, 6.45) is 0. The summed E-state index contributed by atoms with van der Waals surface area (Å²) in [5.41, 5.74) is 3.84. The van der Waals surface area contributed by atoms with Gasteiger partial charge in [-0.05, 0) is 24.3 Å². The second-order valence-electron chi connectivity index (χ2n) is 6.59. The Balaban J connectivity index is 0.00000120. The zero-order chi connectivity index (χ0) is 18.2. The van der Waals surface area contributed by atoms with Gasteiger partial charge in [-0.2, -0.15) is 0 Å². The van der Waals surface area contributed by atoms with Gasteiger partial charge in [0, 0.05) is 29.6 Å². The molecule has 0 atom stereocenters. The fourth-order valence-electron chi connectivity index (χ4n) is 3.54. The molecule has 2 aliphatic heterocycles. The summed E-state index contributed by atoms with van der Waals surface area (Å²) in [4.78, 5) is 8.95. The molecule has 8 heteroatoms. The highest BCUT2D eigenvalue weighted by Crippen LogP contribution is 2.35. The van der Waals surface area contributed by atoms with E-state index in [0.717, 1.165) is 77.0 Å². The van der Waals surface area contributed by atoms with Crippen LogP contribution in [0.1, 0.15) is 11.1 Å². The number of fused-ring (bicyclic) bond motifs is 1. The Labute approximate surface area is 181 Å². The zero-order valence-electron chi connectivity index (χ0n) is 15.9. The van der Waals surface area contributed by atoms with Crippen LogP contribution in [0.4, 0.5) is 0 Å². The minimum Gasteiger partial charge on any atom is -0.496 e. The molecule has 0 radical (unpaired) electrons. The first kappa shape index (κ1) is 21.0. The maximum absolute atomic E-state index is 6.15. The Bertz CT molecular complexity index is 1090. The number of halogens is 2. The van der Waals surface area contributed by atoms with Crippen molar-refractivity contribution in [3.63, 3.8) is 0 Å². The summed E-state index contributed by atoms with van der Waals surface area (Å²) in [6.45, 7) is 3.40. The van der Waals surface area contributed by atoms with Crippen LogP contribution in [0.5, 0.6) is 5.75 Å². The molecule has 0 amide bonds. The minimum absolute atomic E-state index is 0. The van der Waals surface area contributed by atoms with Crippen LogP contribution in [-0.4, -0.2) is 45.0 Å². The number of hydrogen-bond acceptors (Lipinski definition) is 6. The summed E-state index contributed by atoms with van der Waals surface area (Å²) in [5.74, 6) is 3.40. The van der Waals surface area contributed by atoms with Crippen molar-refractivity contribution in [2.24, 2.45) is 9.98 Å². The Morgan fingerprint density at radius 1 is 0.862 bits per heavy atom. The molecule has 0 unspecified atom stereocenters. The molecule has 2 aliphatic rings. The fraction of sp³-hybridized carbons (Fsp3) is 0.238. The predicted octanol–water partition coefficient (Wildman–Crippen LogP) is 3.65. The van der Waals surface area contributed by atoms with Crippen molar-refractivity contribution in [1.29, 1.82) is 0 Å². The molecule has 152 valence electrons. The molecular formula is C21H22Cl2N4O2. The molecule has 2 N–H and O–H groups in total. The highest BCUT2D eigenvalue weighted by atomic mass is 35.5. The van der Waals surface area contributed by atoms with Gasteiger partial charge in [0.2, 0.25) is 0 Å².